The minimum atomic E-state index is -0.274. The number of carbonyl (C=O) groups excluding carboxylic acids is 1. The molecule has 1 aliphatic heterocycles. The molecule has 0 spiro atoms. The van der Waals surface area contributed by atoms with Crippen molar-refractivity contribution in [1.82, 2.24) is 15.1 Å². The first-order valence-electron chi connectivity index (χ1n) is 8.40. The van der Waals surface area contributed by atoms with Crippen molar-refractivity contribution in [2.24, 2.45) is 5.73 Å². The molecule has 0 unspecified atom stereocenters. The largest absolute Gasteiger partial charge is 0.328 e. The standard InChI is InChI=1S/C19H26N4O/c1-18(2)9-16(20)10-19(3,4)23(18)17(24)14-7-5-6-13(8-14)15-11-21-22-12-15/h5-8,11-12,16H,9-10,20H2,1-4H3,(H,21,22). The van der Waals surface area contributed by atoms with Crippen molar-refractivity contribution in [2.45, 2.75) is 57.7 Å². The van der Waals surface area contributed by atoms with Crippen LogP contribution < -0.4 is 5.73 Å². The van der Waals surface area contributed by atoms with Gasteiger partial charge in [0.1, 0.15) is 0 Å². The van der Waals surface area contributed by atoms with Gasteiger partial charge in [-0.25, -0.2) is 0 Å². The Morgan fingerprint density at radius 2 is 1.88 bits per heavy atom. The van der Waals surface area contributed by atoms with Gasteiger partial charge in [-0.2, -0.15) is 5.10 Å². The van der Waals surface area contributed by atoms with E-state index in [1.165, 1.54) is 0 Å². The van der Waals surface area contributed by atoms with Gasteiger partial charge >= 0.3 is 0 Å². The quantitative estimate of drug-likeness (QED) is 0.890. The van der Waals surface area contributed by atoms with E-state index in [2.05, 4.69) is 37.9 Å². The summed E-state index contributed by atoms with van der Waals surface area (Å²) in [7, 11) is 0. The molecule has 0 bridgehead atoms. The Balaban J connectivity index is 1.97. The average Bonchev–Trinajstić information content (AvgIpc) is 2.98. The maximum atomic E-state index is 13.3. The molecule has 3 rings (SSSR count). The Kier molecular flexibility index (Phi) is 4.00. The highest BCUT2D eigenvalue weighted by Crippen LogP contribution is 2.39. The monoisotopic (exact) mass is 326 g/mol. The topological polar surface area (TPSA) is 75.0 Å². The van der Waals surface area contributed by atoms with E-state index < -0.39 is 0 Å². The van der Waals surface area contributed by atoms with E-state index in [-0.39, 0.29) is 23.0 Å². The van der Waals surface area contributed by atoms with Crippen LogP contribution in [0.15, 0.2) is 36.7 Å². The van der Waals surface area contributed by atoms with Crippen LogP contribution in [0.4, 0.5) is 0 Å². The van der Waals surface area contributed by atoms with Gasteiger partial charge in [0.05, 0.1) is 6.20 Å². The SMILES string of the molecule is CC1(C)CC(N)CC(C)(C)N1C(=O)c1cccc(-c2cn[nH]c2)c1. The van der Waals surface area contributed by atoms with Crippen molar-refractivity contribution in [1.29, 1.82) is 0 Å². The lowest BCUT2D eigenvalue weighted by Crippen LogP contribution is -2.65. The highest BCUT2D eigenvalue weighted by atomic mass is 16.2. The first kappa shape index (κ1) is 16.7. The molecule has 1 aliphatic rings. The molecule has 1 aromatic heterocycles. The summed E-state index contributed by atoms with van der Waals surface area (Å²) in [6.07, 6.45) is 5.21. The third-order valence-electron chi connectivity index (χ3n) is 4.88. The van der Waals surface area contributed by atoms with Crippen LogP contribution in [0.1, 0.15) is 50.9 Å². The predicted octanol–water partition coefficient (Wildman–Crippen LogP) is 3.20. The van der Waals surface area contributed by atoms with Crippen LogP contribution in [-0.4, -0.2) is 38.1 Å². The van der Waals surface area contributed by atoms with E-state index in [4.69, 9.17) is 5.73 Å². The number of H-pyrrole nitrogens is 1. The fourth-order valence-electron chi connectivity index (χ4n) is 4.28. The number of carbonyl (C=O) groups is 1. The number of hydrogen-bond acceptors (Lipinski definition) is 3. The van der Waals surface area contributed by atoms with E-state index in [1.807, 2.05) is 35.4 Å². The fourth-order valence-corrected chi connectivity index (χ4v) is 4.28. The summed E-state index contributed by atoms with van der Waals surface area (Å²) in [5.74, 6) is 0.0576. The summed E-state index contributed by atoms with van der Waals surface area (Å²) in [5.41, 5.74) is 8.34. The fraction of sp³-hybridized carbons (Fsp3) is 0.474. The molecule has 5 nitrogen and oxygen atoms in total. The van der Waals surface area contributed by atoms with Crippen LogP contribution in [-0.2, 0) is 0 Å². The van der Waals surface area contributed by atoms with Crippen LogP contribution in [0.25, 0.3) is 11.1 Å². The number of hydrogen-bond donors (Lipinski definition) is 2. The summed E-state index contributed by atoms with van der Waals surface area (Å²) < 4.78 is 0. The number of benzene rings is 1. The molecule has 2 heterocycles. The Morgan fingerprint density at radius 1 is 1.21 bits per heavy atom. The lowest BCUT2D eigenvalue weighted by Gasteiger charge is -2.54. The Bertz CT molecular complexity index is 716. The summed E-state index contributed by atoms with van der Waals surface area (Å²) in [4.78, 5) is 15.3. The Hall–Kier alpha value is -2.14. The zero-order valence-corrected chi connectivity index (χ0v) is 14.8. The summed E-state index contributed by atoms with van der Waals surface area (Å²) in [6.45, 7) is 8.41. The second-order valence-corrected chi connectivity index (χ2v) is 8.00. The number of nitrogens with one attached hydrogen (secondary N) is 1. The molecule has 1 saturated heterocycles. The zero-order chi connectivity index (χ0) is 17.5. The smallest absolute Gasteiger partial charge is 0.254 e. The van der Waals surface area contributed by atoms with Gasteiger partial charge in [0.15, 0.2) is 0 Å². The molecule has 0 saturated carbocycles. The van der Waals surface area contributed by atoms with Gasteiger partial charge in [-0.1, -0.05) is 12.1 Å². The maximum Gasteiger partial charge on any atom is 0.254 e. The Labute approximate surface area is 143 Å². The minimum Gasteiger partial charge on any atom is -0.328 e. The van der Waals surface area contributed by atoms with Gasteiger partial charge < -0.3 is 10.6 Å². The molecule has 1 fully saturated rings. The second kappa shape index (κ2) is 5.74. The van der Waals surface area contributed by atoms with E-state index in [0.29, 0.717) is 5.56 Å². The van der Waals surface area contributed by atoms with Crippen LogP contribution >= 0.6 is 0 Å². The summed E-state index contributed by atoms with van der Waals surface area (Å²) >= 11 is 0. The van der Waals surface area contributed by atoms with Crippen molar-refractivity contribution in [3.05, 3.63) is 42.2 Å². The molecular weight excluding hydrogens is 300 g/mol. The molecule has 0 aliphatic carbocycles. The van der Waals surface area contributed by atoms with E-state index in [1.54, 1.807) is 6.20 Å². The van der Waals surface area contributed by atoms with Crippen molar-refractivity contribution in [2.75, 3.05) is 0 Å². The van der Waals surface area contributed by atoms with Crippen LogP contribution in [0.3, 0.4) is 0 Å². The van der Waals surface area contributed by atoms with E-state index >= 15 is 0 Å². The third-order valence-corrected chi connectivity index (χ3v) is 4.88. The van der Waals surface area contributed by atoms with Crippen LogP contribution in [0.5, 0.6) is 0 Å². The molecule has 128 valence electrons. The molecule has 0 atom stereocenters. The average molecular weight is 326 g/mol. The number of aromatic amines is 1. The molecule has 0 radical (unpaired) electrons. The normalized spacial score (nSPS) is 20.1. The van der Waals surface area contributed by atoms with Gasteiger partial charge in [0.25, 0.3) is 5.91 Å². The summed E-state index contributed by atoms with van der Waals surface area (Å²) in [5, 5.41) is 6.80. The molecule has 5 heteroatoms. The number of piperidine rings is 1. The van der Waals surface area contributed by atoms with Gasteiger partial charge in [0, 0.05) is 34.4 Å². The van der Waals surface area contributed by atoms with Gasteiger partial charge in [-0.3, -0.25) is 9.89 Å². The molecule has 1 amide bonds. The highest BCUT2D eigenvalue weighted by Gasteiger charge is 2.47. The molecule has 1 aromatic carbocycles. The third kappa shape index (κ3) is 2.96. The minimum absolute atomic E-state index is 0.0576. The van der Waals surface area contributed by atoms with Crippen molar-refractivity contribution in [3.63, 3.8) is 0 Å². The van der Waals surface area contributed by atoms with Crippen molar-refractivity contribution < 1.29 is 4.79 Å². The highest BCUT2D eigenvalue weighted by molar-refractivity contribution is 5.96. The van der Waals surface area contributed by atoms with E-state index in [0.717, 1.165) is 24.0 Å². The van der Waals surface area contributed by atoms with Crippen molar-refractivity contribution >= 4 is 5.91 Å². The van der Waals surface area contributed by atoms with Gasteiger partial charge in [-0.15, -0.1) is 0 Å². The van der Waals surface area contributed by atoms with Gasteiger partial charge in [-0.05, 0) is 58.2 Å². The number of likely N-dealkylation sites (tertiary alicyclic amines) is 1. The molecular formula is C19H26N4O. The molecule has 2 aromatic rings. The van der Waals surface area contributed by atoms with Crippen LogP contribution in [0, 0.1) is 0 Å². The number of nitrogens with zero attached hydrogens (tertiary/aromatic N) is 2. The predicted molar refractivity (Wildman–Crippen MR) is 95.6 cm³/mol. The number of aromatic nitrogens is 2. The zero-order valence-electron chi connectivity index (χ0n) is 14.8. The maximum absolute atomic E-state index is 13.3. The lowest BCUT2D eigenvalue weighted by molar-refractivity contribution is -0.0172. The van der Waals surface area contributed by atoms with Crippen LogP contribution in [0.2, 0.25) is 0 Å². The number of rotatable bonds is 2. The summed E-state index contributed by atoms with van der Waals surface area (Å²) in [6, 6.07) is 7.85. The first-order valence-corrected chi connectivity index (χ1v) is 8.40. The van der Waals surface area contributed by atoms with E-state index in [9.17, 15) is 4.79 Å². The van der Waals surface area contributed by atoms with Gasteiger partial charge in [0.2, 0.25) is 0 Å². The second-order valence-electron chi connectivity index (χ2n) is 8.00. The number of amides is 1. The molecule has 24 heavy (non-hydrogen) atoms. The Morgan fingerprint density at radius 3 is 2.46 bits per heavy atom. The van der Waals surface area contributed by atoms with Crippen molar-refractivity contribution in [3.8, 4) is 11.1 Å². The lowest BCUT2D eigenvalue weighted by atomic mass is 9.77. The molecule has 3 N–H and O–H groups in total. The number of nitrogens with two attached hydrogens (primary N) is 1. The first-order chi connectivity index (χ1) is 11.2.